The fourth-order valence-corrected chi connectivity index (χ4v) is 0.412. The first-order valence-corrected chi connectivity index (χ1v) is 3.30. The van der Waals surface area contributed by atoms with Gasteiger partial charge in [-0.25, -0.2) is 0 Å². The molecule has 54 valence electrons. The molecule has 0 radical (unpaired) electrons. The summed E-state index contributed by atoms with van der Waals surface area (Å²) in [6.07, 6.45) is 2.26. The summed E-state index contributed by atoms with van der Waals surface area (Å²) < 4.78 is 5.13. The third-order valence-electron chi connectivity index (χ3n) is 1.05. The number of rotatable bonds is 5. The van der Waals surface area contributed by atoms with Gasteiger partial charge in [-0.15, -0.1) is 0 Å². The minimum absolute atomic E-state index is 0.656. The van der Waals surface area contributed by atoms with Crippen molar-refractivity contribution in [1.29, 1.82) is 0 Å². The minimum atomic E-state index is 0.656. The normalized spacial score (nSPS) is 8.67. The molecule has 0 aliphatic rings. The molecule has 0 aromatic carbocycles. The average molecular weight is 129 g/mol. The summed E-state index contributed by atoms with van der Waals surface area (Å²) in [7, 11) is 1.80. The van der Waals surface area contributed by atoms with Crippen molar-refractivity contribution in [1.82, 2.24) is 5.32 Å². The van der Waals surface area contributed by atoms with Gasteiger partial charge < -0.3 is 10.1 Å². The van der Waals surface area contributed by atoms with Gasteiger partial charge in [0.05, 0.1) is 6.61 Å². The molecule has 0 heterocycles. The SMILES string of the molecule is C=C(NC)OCCCC. The standard InChI is InChI=1S/C7H15NO/c1-4-5-6-9-7(2)8-3/h8H,2,4-6H2,1,3H3. The first kappa shape index (κ1) is 8.34. The predicted octanol–water partition coefficient (Wildman–Crippen LogP) is 1.49. The minimum Gasteiger partial charge on any atom is -0.480 e. The van der Waals surface area contributed by atoms with Crippen molar-refractivity contribution in [3.63, 3.8) is 0 Å². The Kier molecular flexibility index (Phi) is 5.07. The first-order chi connectivity index (χ1) is 4.31. The lowest BCUT2D eigenvalue weighted by atomic mass is 10.4. The Morgan fingerprint density at radius 2 is 2.33 bits per heavy atom. The summed E-state index contributed by atoms with van der Waals surface area (Å²) in [4.78, 5) is 0. The maximum absolute atomic E-state index is 5.13. The van der Waals surface area contributed by atoms with Gasteiger partial charge in [0.1, 0.15) is 0 Å². The zero-order valence-electron chi connectivity index (χ0n) is 6.24. The van der Waals surface area contributed by atoms with Crippen molar-refractivity contribution >= 4 is 0 Å². The Labute approximate surface area is 56.9 Å². The monoisotopic (exact) mass is 129 g/mol. The predicted molar refractivity (Wildman–Crippen MR) is 39.1 cm³/mol. The lowest BCUT2D eigenvalue weighted by Crippen LogP contribution is -2.08. The van der Waals surface area contributed by atoms with Gasteiger partial charge in [0.25, 0.3) is 0 Å². The summed E-state index contributed by atoms with van der Waals surface area (Å²) in [5.41, 5.74) is 0. The van der Waals surface area contributed by atoms with Crippen LogP contribution in [0.3, 0.4) is 0 Å². The van der Waals surface area contributed by atoms with Crippen LogP contribution in [0.2, 0.25) is 0 Å². The summed E-state index contributed by atoms with van der Waals surface area (Å²) in [5, 5.41) is 2.81. The summed E-state index contributed by atoms with van der Waals surface area (Å²) >= 11 is 0. The van der Waals surface area contributed by atoms with Gasteiger partial charge in [0.15, 0.2) is 5.88 Å². The maximum Gasteiger partial charge on any atom is 0.178 e. The molecule has 2 heteroatoms. The topological polar surface area (TPSA) is 21.3 Å². The van der Waals surface area contributed by atoms with E-state index in [2.05, 4.69) is 18.8 Å². The molecule has 0 aliphatic carbocycles. The van der Waals surface area contributed by atoms with E-state index in [9.17, 15) is 0 Å². The molecule has 9 heavy (non-hydrogen) atoms. The molecule has 2 nitrogen and oxygen atoms in total. The molecule has 0 aliphatic heterocycles. The van der Waals surface area contributed by atoms with E-state index in [4.69, 9.17) is 4.74 Å². The summed E-state index contributed by atoms with van der Waals surface area (Å²) in [5.74, 6) is 0.656. The Morgan fingerprint density at radius 1 is 1.67 bits per heavy atom. The fraction of sp³-hybridized carbons (Fsp3) is 0.714. The van der Waals surface area contributed by atoms with Crippen molar-refractivity contribution in [3.05, 3.63) is 12.5 Å². The second kappa shape index (κ2) is 5.48. The third-order valence-corrected chi connectivity index (χ3v) is 1.05. The molecule has 0 bridgehead atoms. The highest BCUT2D eigenvalue weighted by atomic mass is 16.5. The van der Waals surface area contributed by atoms with Gasteiger partial charge >= 0.3 is 0 Å². The molecular weight excluding hydrogens is 114 g/mol. The number of hydrogen-bond donors (Lipinski definition) is 1. The van der Waals surface area contributed by atoms with Gasteiger partial charge in [-0.1, -0.05) is 13.3 Å². The summed E-state index contributed by atoms with van der Waals surface area (Å²) in [6, 6.07) is 0. The number of nitrogens with one attached hydrogen (secondary N) is 1. The first-order valence-electron chi connectivity index (χ1n) is 3.30. The maximum atomic E-state index is 5.13. The molecule has 0 amide bonds. The van der Waals surface area contributed by atoms with Crippen LogP contribution in [0, 0.1) is 0 Å². The quantitative estimate of drug-likeness (QED) is 0.448. The lowest BCUT2D eigenvalue weighted by molar-refractivity contribution is 0.192. The van der Waals surface area contributed by atoms with Crippen LogP contribution >= 0.6 is 0 Å². The van der Waals surface area contributed by atoms with Crippen LogP contribution in [-0.4, -0.2) is 13.7 Å². The smallest absolute Gasteiger partial charge is 0.178 e. The van der Waals surface area contributed by atoms with Gasteiger partial charge in [0, 0.05) is 7.05 Å². The molecule has 0 saturated carbocycles. The van der Waals surface area contributed by atoms with E-state index in [1.54, 1.807) is 7.05 Å². The van der Waals surface area contributed by atoms with Gasteiger partial charge in [-0.05, 0) is 13.0 Å². The molecular formula is C7H15NO. The highest BCUT2D eigenvalue weighted by Crippen LogP contribution is 1.91. The zero-order valence-corrected chi connectivity index (χ0v) is 6.24. The van der Waals surface area contributed by atoms with Crippen LogP contribution in [0.1, 0.15) is 19.8 Å². The van der Waals surface area contributed by atoms with Crippen molar-refractivity contribution in [3.8, 4) is 0 Å². The third kappa shape index (κ3) is 5.21. The number of ether oxygens (including phenoxy) is 1. The Bertz CT molecular complexity index is 81.0. The van der Waals surface area contributed by atoms with Crippen LogP contribution in [0.5, 0.6) is 0 Å². The molecule has 0 saturated heterocycles. The van der Waals surface area contributed by atoms with Crippen LogP contribution < -0.4 is 5.32 Å². The van der Waals surface area contributed by atoms with Crippen LogP contribution in [0.25, 0.3) is 0 Å². The Morgan fingerprint density at radius 3 is 2.78 bits per heavy atom. The molecule has 0 unspecified atom stereocenters. The largest absolute Gasteiger partial charge is 0.480 e. The van der Waals surface area contributed by atoms with E-state index in [0.717, 1.165) is 19.4 Å². The lowest BCUT2D eigenvalue weighted by Gasteiger charge is -2.05. The van der Waals surface area contributed by atoms with Crippen LogP contribution in [-0.2, 0) is 4.74 Å². The number of hydrogen-bond acceptors (Lipinski definition) is 2. The van der Waals surface area contributed by atoms with Gasteiger partial charge in [-0.2, -0.15) is 0 Å². The highest BCUT2D eigenvalue weighted by molar-refractivity contribution is 4.75. The molecule has 0 rings (SSSR count). The van der Waals surface area contributed by atoms with E-state index in [1.807, 2.05) is 0 Å². The zero-order chi connectivity index (χ0) is 7.11. The molecule has 0 spiro atoms. The molecule has 0 aromatic heterocycles. The van der Waals surface area contributed by atoms with Crippen molar-refractivity contribution in [2.24, 2.45) is 0 Å². The molecule has 0 atom stereocenters. The van der Waals surface area contributed by atoms with E-state index in [-0.39, 0.29) is 0 Å². The average Bonchev–Trinajstić information content (AvgIpc) is 1.89. The van der Waals surface area contributed by atoms with Crippen molar-refractivity contribution < 1.29 is 4.74 Å². The fourth-order valence-electron chi connectivity index (χ4n) is 0.412. The van der Waals surface area contributed by atoms with Gasteiger partial charge in [-0.3, -0.25) is 0 Å². The van der Waals surface area contributed by atoms with Crippen LogP contribution in [0.4, 0.5) is 0 Å². The number of unbranched alkanes of at least 4 members (excludes halogenated alkanes) is 1. The molecule has 0 fully saturated rings. The van der Waals surface area contributed by atoms with Gasteiger partial charge in [0.2, 0.25) is 0 Å². The van der Waals surface area contributed by atoms with Crippen molar-refractivity contribution in [2.45, 2.75) is 19.8 Å². The molecule has 0 aromatic rings. The van der Waals surface area contributed by atoms with E-state index >= 15 is 0 Å². The Balaban J connectivity index is 2.97. The second-order valence-corrected chi connectivity index (χ2v) is 1.88. The second-order valence-electron chi connectivity index (χ2n) is 1.88. The van der Waals surface area contributed by atoms with E-state index in [1.165, 1.54) is 0 Å². The summed E-state index contributed by atoms with van der Waals surface area (Å²) in [6.45, 7) is 6.52. The van der Waals surface area contributed by atoms with E-state index in [0.29, 0.717) is 5.88 Å². The van der Waals surface area contributed by atoms with E-state index < -0.39 is 0 Å². The van der Waals surface area contributed by atoms with Crippen LogP contribution in [0.15, 0.2) is 12.5 Å². The Hall–Kier alpha value is -0.660. The highest BCUT2D eigenvalue weighted by Gasteiger charge is 1.86. The molecule has 1 N–H and O–H groups in total. The van der Waals surface area contributed by atoms with Crippen molar-refractivity contribution in [2.75, 3.05) is 13.7 Å².